The first kappa shape index (κ1) is 14.4. The van der Waals surface area contributed by atoms with Crippen molar-refractivity contribution in [2.75, 3.05) is 33.0 Å². The Balaban J connectivity index is 2.63. The first-order chi connectivity index (χ1) is 7.71. The molecule has 0 spiro atoms. The van der Waals surface area contributed by atoms with Gasteiger partial charge in [-0.05, 0) is 13.8 Å². The highest BCUT2D eigenvalue weighted by Gasteiger charge is 2.29. The van der Waals surface area contributed by atoms with Crippen LogP contribution in [0.15, 0.2) is 0 Å². The zero-order valence-electron chi connectivity index (χ0n) is 10.7. The summed E-state index contributed by atoms with van der Waals surface area (Å²) < 4.78 is 28.9. The number of nitrogens with zero attached hydrogens (tertiary/aromatic N) is 2. The van der Waals surface area contributed by atoms with Crippen molar-refractivity contribution in [1.29, 1.82) is 0 Å². The standard InChI is InChI=1S/C10H20N2O4S/c1-8-7-16-9(2)5-12(8)10(13)6-11(3)17(4,14)15/h8-9H,5-7H2,1-4H3/t8-,9+/m0/s1. The lowest BCUT2D eigenvalue weighted by Gasteiger charge is -2.37. The molecule has 0 aromatic rings. The smallest absolute Gasteiger partial charge is 0.238 e. The molecule has 0 saturated carbocycles. The Labute approximate surface area is 103 Å². The summed E-state index contributed by atoms with van der Waals surface area (Å²) >= 11 is 0. The van der Waals surface area contributed by atoms with Gasteiger partial charge in [0.1, 0.15) is 0 Å². The van der Waals surface area contributed by atoms with Crippen LogP contribution in [0.2, 0.25) is 0 Å². The SMILES string of the molecule is C[C@@H]1CN(C(=O)CN(C)S(C)(=O)=O)[C@@H](C)CO1. The van der Waals surface area contributed by atoms with Crippen molar-refractivity contribution in [1.82, 2.24) is 9.21 Å². The molecule has 0 unspecified atom stereocenters. The van der Waals surface area contributed by atoms with Gasteiger partial charge in [0.2, 0.25) is 15.9 Å². The largest absolute Gasteiger partial charge is 0.375 e. The van der Waals surface area contributed by atoms with Gasteiger partial charge in [-0.3, -0.25) is 4.79 Å². The van der Waals surface area contributed by atoms with Crippen molar-refractivity contribution in [3.05, 3.63) is 0 Å². The van der Waals surface area contributed by atoms with Gasteiger partial charge in [-0.25, -0.2) is 8.42 Å². The van der Waals surface area contributed by atoms with Crippen LogP contribution in [0.5, 0.6) is 0 Å². The maximum atomic E-state index is 12.0. The van der Waals surface area contributed by atoms with Crippen LogP contribution in [0, 0.1) is 0 Å². The molecule has 1 aliphatic rings. The van der Waals surface area contributed by atoms with E-state index in [1.54, 1.807) is 4.90 Å². The van der Waals surface area contributed by atoms with Gasteiger partial charge in [0.05, 0.1) is 31.6 Å². The molecular weight excluding hydrogens is 244 g/mol. The molecule has 1 amide bonds. The number of carbonyl (C=O) groups is 1. The Morgan fingerprint density at radius 1 is 1.47 bits per heavy atom. The lowest BCUT2D eigenvalue weighted by atomic mass is 10.2. The van der Waals surface area contributed by atoms with E-state index < -0.39 is 10.0 Å². The number of hydrogen-bond donors (Lipinski definition) is 0. The molecule has 1 rings (SSSR count). The van der Waals surface area contributed by atoms with Gasteiger partial charge in [0.25, 0.3) is 0 Å². The topological polar surface area (TPSA) is 66.9 Å². The minimum atomic E-state index is -3.31. The number of sulfonamides is 1. The molecule has 0 aliphatic carbocycles. The van der Waals surface area contributed by atoms with E-state index in [9.17, 15) is 13.2 Å². The van der Waals surface area contributed by atoms with Crippen LogP contribution in [0.1, 0.15) is 13.8 Å². The zero-order valence-corrected chi connectivity index (χ0v) is 11.5. The normalized spacial score (nSPS) is 26.3. The molecular formula is C10H20N2O4S. The van der Waals surface area contributed by atoms with Crippen LogP contribution in [-0.4, -0.2) is 68.7 Å². The van der Waals surface area contributed by atoms with Crippen LogP contribution in [0.25, 0.3) is 0 Å². The second-order valence-electron chi connectivity index (χ2n) is 4.56. The summed E-state index contributed by atoms with van der Waals surface area (Å²) in [6.45, 7) is 4.68. The summed E-state index contributed by atoms with van der Waals surface area (Å²) in [7, 11) is -1.91. The average Bonchev–Trinajstić information content (AvgIpc) is 2.20. The monoisotopic (exact) mass is 264 g/mol. The van der Waals surface area contributed by atoms with E-state index in [4.69, 9.17) is 4.74 Å². The highest BCUT2D eigenvalue weighted by atomic mass is 32.2. The molecule has 6 nitrogen and oxygen atoms in total. The molecule has 0 N–H and O–H groups in total. The van der Waals surface area contributed by atoms with Crippen LogP contribution in [0.3, 0.4) is 0 Å². The first-order valence-corrected chi connectivity index (χ1v) is 7.39. The van der Waals surface area contributed by atoms with Crippen molar-refractivity contribution in [3.8, 4) is 0 Å². The lowest BCUT2D eigenvalue weighted by Crippen LogP contribution is -2.53. The Hall–Kier alpha value is -0.660. The fraction of sp³-hybridized carbons (Fsp3) is 0.900. The summed E-state index contributed by atoms with van der Waals surface area (Å²) in [6, 6.07) is -0.00772. The highest BCUT2D eigenvalue weighted by molar-refractivity contribution is 7.88. The Morgan fingerprint density at radius 2 is 2.06 bits per heavy atom. The van der Waals surface area contributed by atoms with Crippen LogP contribution in [-0.2, 0) is 19.6 Å². The van der Waals surface area contributed by atoms with Gasteiger partial charge in [0.15, 0.2) is 0 Å². The van der Waals surface area contributed by atoms with E-state index in [0.29, 0.717) is 13.2 Å². The minimum absolute atomic E-state index is 0.00121. The summed E-state index contributed by atoms with van der Waals surface area (Å²) in [5.74, 6) is -0.180. The molecule has 1 fully saturated rings. The molecule has 0 bridgehead atoms. The van der Waals surface area contributed by atoms with E-state index in [-0.39, 0.29) is 24.6 Å². The number of carbonyl (C=O) groups excluding carboxylic acids is 1. The summed E-state index contributed by atoms with van der Waals surface area (Å²) in [4.78, 5) is 13.7. The average molecular weight is 264 g/mol. The van der Waals surface area contributed by atoms with Crippen molar-refractivity contribution in [2.45, 2.75) is 26.0 Å². The predicted octanol–water partition coefficient (Wildman–Crippen LogP) is -0.486. The summed E-state index contributed by atoms with van der Waals surface area (Å²) in [5, 5.41) is 0. The third-order valence-corrected chi connectivity index (χ3v) is 4.11. The van der Waals surface area contributed by atoms with Crippen molar-refractivity contribution in [2.24, 2.45) is 0 Å². The van der Waals surface area contributed by atoms with Gasteiger partial charge < -0.3 is 9.64 Å². The van der Waals surface area contributed by atoms with Gasteiger partial charge in [-0.1, -0.05) is 0 Å². The Kier molecular flexibility index (Phi) is 4.51. The third-order valence-electron chi connectivity index (χ3n) is 2.85. The lowest BCUT2D eigenvalue weighted by molar-refractivity contribution is -0.143. The molecule has 17 heavy (non-hydrogen) atoms. The van der Waals surface area contributed by atoms with E-state index >= 15 is 0 Å². The molecule has 1 saturated heterocycles. The summed E-state index contributed by atoms with van der Waals surface area (Å²) in [5.41, 5.74) is 0. The number of amides is 1. The Morgan fingerprint density at radius 3 is 2.59 bits per heavy atom. The molecule has 1 heterocycles. The quantitative estimate of drug-likeness (QED) is 0.690. The van der Waals surface area contributed by atoms with E-state index in [0.717, 1.165) is 10.6 Å². The highest BCUT2D eigenvalue weighted by Crippen LogP contribution is 2.12. The van der Waals surface area contributed by atoms with E-state index in [1.807, 2.05) is 13.8 Å². The van der Waals surface area contributed by atoms with Crippen LogP contribution in [0.4, 0.5) is 0 Å². The minimum Gasteiger partial charge on any atom is -0.375 e. The number of ether oxygens (including phenoxy) is 1. The molecule has 0 radical (unpaired) electrons. The predicted molar refractivity (Wildman–Crippen MR) is 64.1 cm³/mol. The Bertz CT molecular complexity index is 382. The van der Waals surface area contributed by atoms with Gasteiger partial charge in [-0.2, -0.15) is 4.31 Å². The van der Waals surface area contributed by atoms with Crippen LogP contribution >= 0.6 is 0 Å². The number of morpholine rings is 1. The zero-order chi connectivity index (χ0) is 13.2. The van der Waals surface area contributed by atoms with Crippen LogP contribution < -0.4 is 0 Å². The second-order valence-corrected chi connectivity index (χ2v) is 6.65. The molecule has 7 heteroatoms. The molecule has 0 aromatic heterocycles. The molecule has 2 atom stereocenters. The number of hydrogen-bond acceptors (Lipinski definition) is 4. The number of likely N-dealkylation sites (N-methyl/N-ethyl adjacent to an activating group) is 1. The van der Waals surface area contributed by atoms with Gasteiger partial charge in [-0.15, -0.1) is 0 Å². The molecule has 100 valence electrons. The van der Waals surface area contributed by atoms with Gasteiger partial charge >= 0.3 is 0 Å². The van der Waals surface area contributed by atoms with Crippen molar-refractivity contribution < 1.29 is 17.9 Å². The maximum Gasteiger partial charge on any atom is 0.238 e. The fourth-order valence-corrected chi connectivity index (χ4v) is 1.99. The van der Waals surface area contributed by atoms with E-state index in [1.165, 1.54) is 7.05 Å². The summed E-state index contributed by atoms with van der Waals surface area (Å²) in [6.07, 6.45) is 1.09. The fourth-order valence-electron chi connectivity index (χ4n) is 1.65. The first-order valence-electron chi connectivity index (χ1n) is 5.54. The van der Waals surface area contributed by atoms with E-state index in [2.05, 4.69) is 0 Å². The third kappa shape index (κ3) is 3.93. The maximum absolute atomic E-state index is 12.0. The molecule has 0 aromatic carbocycles. The van der Waals surface area contributed by atoms with Crippen molar-refractivity contribution in [3.63, 3.8) is 0 Å². The van der Waals surface area contributed by atoms with Crippen molar-refractivity contribution >= 4 is 15.9 Å². The van der Waals surface area contributed by atoms with Gasteiger partial charge in [0, 0.05) is 13.6 Å². The second kappa shape index (κ2) is 5.32. The number of rotatable bonds is 3. The molecule has 1 aliphatic heterocycles.